The summed E-state index contributed by atoms with van der Waals surface area (Å²) in [6, 6.07) is 21.1. The van der Waals surface area contributed by atoms with Crippen molar-refractivity contribution in [3.63, 3.8) is 0 Å². The minimum absolute atomic E-state index is 0.00981. The molecule has 3 aromatic rings. The van der Waals surface area contributed by atoms with Gasteiger partial charge in [0.1, 0.15) is 0 Å². The highest BCUT2D eigenvalue weighted by atomic mass is 35.5. The number of piperazine rings is 1. The van der Waals surface area contributed by atoms with Crippen molar-refractivity contribution in [3.8, 4) is 0 Å². The molecule has 5 rings (SSSR count). The second kappa shape index (κ2) is 11.3. The summed E-state index contributed by atoms with van der Waals surface area (Å²) in [7, 11) is -3.14. The molecule has 0 N–H and O–H groups in total. The molecule has 0 aromatic heterocycles. The molecule has 0 bridgehead atoms. The standard InChI is InChI=1S/C28H28Cl4N2O2S/c29-22-5-1-19(2-6-22)21(18-37(35,36)25-10-11-25)16-33-13-14-34(27-12-9-24(31)15-26(27)32)28(17-33)20-3-7-23(30)8-4-20/h1-9,12,15,21,25,28H,10-11,13-14,16-18H2/t21-,28+/m1/s1. The molecule has 0 unspecified atom stereocenters. The van der Waals surface area contributed by atoms with Crippen LogP contribution in [-0.4, -0.2) is 50.5 Å². The zero-order valence-electron chi connectivity index (χ0n) is 20.2. The molecule has 1 saturated carbocycles. The molecule has 2 atom stereocenters. The Labute approximate surface area is 239 Å². The number of anilines is 1. The van der Waals surface area contributed by atoms with Gasteiger partial charge in [-0.25, -0.2) is 8.42 Å². The highest BCUT2D eigenvalue weighted by Crippen LogP contribution is 2.38. The first-order chi connectivity index (χ1) is 17.7. The van der Waals surface area contributed by atoms with Gasteiger partial charge in [0, 0.05) is 47.2 Å². The average molecular weight is 598 g/mol. The molecule has 0 radical (unpaired) electrons. The Hall–Kier alpha value is -1.47. The summed E-state index contributed by atoms with van der Waals surface area (Å²) in [5, 5.41) is 2.34. The smallest absolute Gasteiger partial charge is 0.153 e. The molecule has 2 fully saturated rings. The molecule has 196 valence electrons. The Morgan fingerprint density at radius 1 is 0.811 bits per heavy atom. The monoisotopic (exact) mass is 596 g/mol. The SMILES string of the molecule is O=S(=O)(C[C@@H](CN1CCN(c2ccc(Cl)cc2Cl)[C@H](c2ccc(Cl)cc2)C1)c1ccc(Cl)cc1)C1CC1. The van der Waals surface area contributed by atoms with Gasteiger partial charge in [0.15, 0.2) is 9.84 Å². The van der Waals surface area contributed by atoms with E-state index in [1.807, 2.05) is 60.7 Å². The lowest BCUT2D eigenvalue weighted by Crippen LogP contribution is -2.50. The number of benzene rings is 3. The van der Waals surface area contributed by atoms with Gasteiger partial charge in [-0.15, -0.1) is 0 Å². The van der Waals surface area contributed by atoms with Crippen molar-refractivity contribution < 1.29 is 8.42 Å². The number of halogens is 4. The van der Waals surface area contributed by atoms with Gasteiger partial charge in [-0.05, 0) is 66.4 Å². The van der Waals surface area contributed by atoms with E-state index >= 15 is 0 Å². The Morgan fingerprint density at radius 3 is 2.05 bits per heavy atom. The fourth-order valence-electron chi connectivity index (χ4n) is 5.12. The summed E-state index contributed by atoms with van der Waals surface area (Å²) in [6.45, 7) is 2.86. The predicted molar refractivity (Wildman–Crippen MR) is 155 cm³/mol. The van der Waals surface area contributed by atoms with E-state index in [4.69, 9.17) is 46.4 Å². The molecule has 1 heterocycles. The molecule has 0 spiro atoms. The van der Waals surface area contributed by atoms with Crippen LogP contribution < -0.4 is 4.90 Å². The number of rotatable bonds is 8. The van der Waals surface area contributed by atoms with E-state index in [2.05, 4.69) is 9.80 Å². The number of hydrogen-bond acceptors (Lipinski definition) is 4. The molecule has 3 aromatic carbocycles. The summed E-state index contributed by atoms with van der Waals surface area (Å²) in [6.07, 6.45) is 1.55. The molecular weight excluding hydrogens is 570 g/mol. The van der Waals surface area contributed by atoms with Gasteiger partial charge in [-0.3, -0.25) is 4.90 Å². The van der Waals surface area contributed by atoms with E-state index < -0.39 is 9.84 Å². The maximum absolute atomic E-state index is 13.0. The summed E-state index contributed by atoms with van der Waals surface area (Å²) in [4.78, 5) is 4.66. The quantitative estimate of drug-likeness (QED) is 0.269. The van der Waals surface area contributed by atoms with Crippen molar-refractivity contribution >= 4 is 61.9 Å². The molecule has 0 amide bonds. The maximum Gasteiger partial charge on any atom is 0.153 e. The summed E-state index contributed by atoms with van der Waals surface area (Å²) in [5.41, 5.74) is 3.05. The van der Waals surface area contributed by atoms with Crippen molar-refractivity contribution in [2.45, 2.75) is 30.1 Å². The van der Waals surface area contributed by atoms with E-state index in [0.717, 1.165) is 42.7 Å². The normalized spacial score (nSPS) is 19.7. The highest BCUT2D eigenvalue weighted by molar-refractivity contribution is 7.92. The third-order valence-corrected chi connectivity index (χ3v) is 10.6. The van der Waals surface area contributed by atoms with Crippen molar-refractivity contribution in [2.75, 3.05) is 36.8 Å². The van der Waals surface area contributed by atoms with Gasteiger partial charge < -0.3 is 4.90 Å². The van der Waals surface area contributed by atoms with Crippen molar-refractivity contribution in [1.82, 2.24) is 4.90 Å². The van der Waals surface area contributed by atoms with Crippen LogP contribution in [0, 0.1) is 0 Å². The van der Waals surface area contributed by atoms with Crippen LogP contribution in [0.3, 0.4) is 0 Å². The van der Waals surface area contributed by atoms with E-state index in [1.54, 1.807) is 6.07 Å². The summed E-state index contributed by atoms with van der Waals surface area (Å²) < 4.78 is 26.0. The van der Waals surface area contributed by atoms with Crippen molar-refractivity contribution in [3.05, 3.63) is 97.9 Å². The third kappa shape index (κ3) is 6.58. The topological polar surface area (TPSA) is 40.6 Å². The molecule has 2 aliphatic rings. The summed E-state index contributed by atoms with van der Waals surface area (Å²) in [5.74, 6) is 0.00752. The number of sulfone groups is 1. The first-order valence-electron chi connectivity index (χ1n) is 12.4. The minimum Gasteiger partial charge on any atom is -0.361 e. The largest absolute Gasteiger partial charge is 0.361 e. The van der Waals surface area contributed by atoms with E-state index in [9.17, 15) is 8.42 Å². The Balaban J connectivity index is 1.43. The number of nitrogens with zero attached hydrogens (tertiary/aromatic N) is 2. The second-order valence-electron chi connectivity index (χ2n) is 9.89. The van der Waals surface area contributed by atoms with E-state index in [0.29, 0.717) is 33.2 Å². The molecule has 9 heteroatoms. The molecule has 1 saturated heterocycles. The Kier molecular flexibility index (Phi) is 8.30. The fourth-order valence-corrected chi connectivity index (χ4v) is 7.88. The molecular formula is C28H28Cl4N2O2S. The van der Waals surface area contributed by atoms with E-state index in [1.165, 1.54) is 0 Å². The van der Waals surface area contributed by atoms with Gasteiger partial charge >= 0.3 is 0 Å². The van der Waals surface area contributed by atoms with Gasteiger partial charge in [0.2, 0.25) is 0 Å². The van der Waals surface area contributed by atoms with Crippen LogP contribution in [0.15, 0.2) is 66.7 Å². The predicted octanol–water partition coefficient (Wildman–Crippen LogP) is 7.52. The first kappa shape index (κ1) is 27.1. The minimum atomic E-state index is -3.14. The lowest BCUT2D eigenvalue weighted by Gasteiger charge is -2.44. The average Bonchev–Trinajstić information content (AvgIpc) is 3.71. The third-order valence-electron chi connectivity index (χ3n) is 7.22. The molecule has 37 heavy (non-hydrogen) atoms. The van der Waals surface area contributed by atoms with Crippen LogP contribution in [0.2, 0.25) is 20.1 Å². The Bertz CT molecular complexity index is 1350. The van der Waals surface area contributed by atoms with Crippen LogP contribution in [0.5, 0.6) is 0 Å². The van der Waals surface area contributed by atoms with Crippen LogP contribution in [0.25, 0.3) is 0 Å². The first-order valence-corrected chi connectivity index (χ1v) is 15.6. The lowest BCUT2D eigenvalue weighted by molar-refractivity contribution is 0.214. The number of hydrogen-bond donors (Lipinski definition) is 0. The second-order valence-corrected chi connectivity index (χ2v) is 13.9. The maximum atomic E-state index is 13.0. The fraction of sp³-hybridized carbons (Fsp3) is 0.357. The highest BCUT2D eigenvalue weighted by Gasteiger charge is 2.38. The van der Waals surface area contributed by atoms with E-state index in [-0.39, 0.29) is 23.0 Å². The van der Waals surface area contributed by atoms with Crippen LogP contribution in [0.1, 0.15) is 35.9 Å². The van der Waals surface area contributed by atoms with Crippen molar-refractivity contribution in [2.24, 2.45) is 0 Å². The van der Waals surface area contributed by atoms with Crippen molar-refractivity contribution in [1.29, 1.82) is 0 Å². The summed E-state index contributed by atoms with van der Waals surface area (Å²) >= 11 is 25.1. The van der Waals surface area contributed by atoms with Crippen LogP contribution >= 0.6 is 46.4 Å². The van der Waals surface area contributed by atoms with Gasteiger partial charge in [-0.1, -0.05) is 70.7 Å². The van der Waals surface area contributed by atoms with Crippen LogP contribution in [-0.2, 0) is 9.84 Å². The lowest BCUT2D eigenvalue weighted by atomic mass is 9.97. The van der Waals surface area contributed by atoms with Gasteiger partial charge in [0.25, 0.3) is 0 Å². The Morgan fingerprint density at radius 2 is 1.43 bits per heavy atom. The van der Waals surface area contributed by atoms with Crippen LogP contribution in [0.4, 0.5) is 5.69 Å². The molecule has 1 aliphatic heterocycles. The molecule has 4 nitrogen and oxygen atoms in total. The van der Waals surface area contributed by atoms with Gasteiger partial charge in [-0.2, -0.15) is 0 Å². The zero-order chi connectivity index (χ0) is 26.2. The molecule has 1 aliphatic carbocycles. The van der Waals surface area contributed by atoms with Gasteiger partial charge in [0.05, 0.1) is 27.8 Å². The zero-order valence-corrected chi connectivity index (χ0v) is 24.0.